The van der Waals surface area contributed by atoms with Crippen molar-refractivity contribution in [2.45, 2.75) is 38.5 Å². The van der Waals surface area contributed by atoms with Crippen LogP contribution in [0.4, 0.5) is 5.82 Å². The Morgan fingerprint density at radius 2 is 2.07 bits per heavy atom. The Morgan fingerprint density at radius 3 is 2.75 bits per heavy atom. The number of nitriles is 1. The van der Waals surface area contributed by atoms with Gasteiger partial charge < -0.3 is 4.74 Å². The first kappa shape index (κ1) is 19.6. The number of nitrogens with one attached hydrogen (secondary N) is 1. The Morgan fingerprint density at radius 1 is 1.29 bits per heavy atom. The minimum absolute atomic E-state index is 0.128. The van der Waals surface area contributed by atoms with Crippen LogP contribution >= 0.6 is 0 Å². The maximum absolute atomic E-state index is 12.9. The zero-order valence-electron chi connectivity index (χ0n) is 15.9. The van der Waals surface area contributed by atoms with E-state index in [2.05, 4.69) is 14.8 Å². The number of aryl methyl sites for hydroxylation is 2. The van der Waals surface area contributed by atoms with Crippen LogP contribution in [0.3, 0.4) is 0 Å². The molecule has 0 aliphatic heterocycles. The van der Waals surface area contributed by atoms with E-state index in [1.807, 2.05) is 19.9 Å². The van der Waals surface area contributed by atoms with Crippen molar-refractivity contribution in [1.29, 1.82) is 5.26 Å². The molecule has 28 heavy (non-hydrogen) atoms. The summed E-state index contributed by atoms with van der Waals surface area (Å²) in [5.41, 5.74) is 1.96. The third-order valence-electron chi connectivity index (χ3n) is 4.14. The van der Waals surface area contributed by atoms with Crippen molar-refractivity contribution >= 4 is 21.5 Å². The number of hydrogen-bond donors (Lipinski definition) is 1. The van der Waals surface area contributed by atoms with Crippen LogP contribution in [0.1, 0.15) is 37.1 Å². The average molecular weight is 399 g/mol. The summed E-state index contributed by atoms with van der Waals surface area (Å²) in [5, 5.41) is 13.2. The first-order valence-corrected chi connectivity index (χ1v) is 10.4. The van der Waals surface area contributed by atoms with Crippen LogP contribution in [0.2, 0.25) is 0 Å². The smallest absolute Gasteiger partial charge is 0.263 e. The number of sulfonamides is 1. The molecule has 0 amide bonds. The predicted octanol–water partition coefficient (Wildman–Crippen LogP) is 3.06. The van der Waals surface area contributed by atoms with E-state index in [4.69, 9.17) is 10.00 Å². The summed E-state index contributed by atoms with van der Waals surface area (Å²) in [4.78, 5) is 4.39. The predicted molar refractivity (Wildman–Crippen MR) is 105 cm³/mol. The van der Waals surface area contributed by atoms with Gasteiger partial charge >= 0.3 is 0 Å². The van der Waals surface area contributed by atoms with E-state index in [-0.39, 0.29) is 16.3 Å². The number of anilines is 1. The molecule has 1 aromatic carbocycles. The van der Waals surface area contributed by atoms with Crippen molar-refractivity contribution in [2.24, 2.45) is 0 Å². The summed E-state index contributed by atoms with van der Waals surface area (Å²) in [5.74, 6) is 0.907. The number of nitrogens with zero attached hydrogens (tertiary/aromatic N) is 4. The molecule has 8 nitrogen and oxygen atoms in total. The van der Waals surface area contributed by atoms with Gasteiger partial charge in [0.2, 0.25) is 0 Å². The molecule has 0 fully saturated rings. The van der Waals surface area contributed by atoms with Crippen molar-refractivity contribution in [3.05, 3.63) is 47.3 Å². The van der Waals surface area contributed by atoms with E-state index >= 15 is 0 Å². The minimum atomic E-state index is -3.87. The monoisotopic (exact) mass is 399 g/mol. The van der Waals surface area contributed by atoms with Crippen LogP contribution in [0.15, 0.2) is 35.4 Å². The van der Waals surface area contributed by atoms with Gasteiger partial charge in [-0.3, -0.25) is 4.72 Å². The van der Waals surface area contributed by atoms with E-state index < -0.39 is 10.0 Å². The van der Waals surface area contributed by atoms with Gasteiger partial charge in [-0.2, -0.15) is 14.9 Å². The second kappa shape index (κ2) is 7.86. The number of hydrogen-bond acceptors (Lipinski definition) is 6. The molecule has 0 bridgehead atoms. The summed E-state index contributed by atoms with van der Waals surface area (Å²) >= 11 is 0. The lowest BCUT2D eigenvalue weighted by Gasteiger charge is -2.14. The molecular formula is C19H21N5O3S. The number of aromatic nitrogens is 3. The molecular weight excluding hydrogens is 378 g/mol. The van der Waals surface area contributed by atoms with Crippen LogP contribution in [-0.2, 0) is 16.4 Å². The molecule has 0 aliphatic carbocycles. The zero-order valence-corrected chi connectivity index (χ0v) is 16.7. The molecule has 1 N–H and O–H groups in total. The second-order valence-electron chi connectivity index (χ2n) is 6.27. The summed E-state index contributed by atoms with van der Waals surface area (Å²) in [6.07, 6.45) is 2.87. The molecule has 2 heterocycles. The molecule has 0 atom stereocenters. The van der Waals surface area contributed by atoms with Gasteiger partial charge in [0.25, 0.3) is 10.0 Å². The van der Waals surface area contributed by atoms with E-state index in [9.17, 15) is 8.42 Å². The largest absolute Gasteiger partial charge is 0.493 e. The van der Waals surface area contributed by atoms with Gasteiger partial charge in [-0.25, -0.2) is 13.4 Å². The van der Waals surface area contributed by atoms with E-state index in [0.29, 0.717) is 30.1 Å². The molecule has 2 aromatic heterocycles. The van der Waals surface area contributed by atoms with Crippen LogP contribution in [-0.4, -0.2) is 29.6 Å². The average Bonchev–Trinajstić information content (AvgIpc) is 3.08. The number of benzene rings is 1. The zero-order chi connectivity index (χ0) is 20.3. The Kier molecular flexibility index (Phi) is 5.51. The lowest BCUT2D eigenvalue weighted by Crippen LogP contribution is -2.16. The van der Waals surface area contributed by atoms with Crippen LogP contribution in [0.5, 0.6) is 5.75 Å². The summed E-state index contributed by atoms with van der Waals surface area (Å²) in [6.45, 7) is 6.26. The van der Waals surface area contributed by atoms with Crippen molar-refractivity contribution in [2.75, 3.05) is 11.3 Å². The summed E-state index contributed by atoms with van der Waals surface area (Å²) in [7, 11) is -3.87. The van der Waals surface area contributed by atoms with E-state index in [1.165, 1.54) is 16.8 Å². The highest BCUT2D eigenvalue weighted by molar-refractivity contribution is 7.92. The van der Waals surface area contributed by atoms with Gasteiger partial charge in [0.15, 0.2) is 5.65 Å². The third-order valence-corrected chi connectivity index (χ3v) is 5.50. The Balaban J connectivity index is 2.00. The Labute approximate surface area is 163 Å². The fourth-order valence-corrected chi connectivity index (χ4v) is 3.87. The van der Waals surface area contributed by atoms with Crippen molar-refractivity contribution in [3.8, 4) is 11.8 Å². The van der Waals surface area contributed by atoms with Gasteiger partial charge in [-0.1, -0.05) is 13.8 Å². The molecule has 0 saturated carbocycles. The molecule has 146 valence electrons. The van der Waals surface area contributed by atoms with E-state index in [0.717, 1.165) is 12.0 Å². The molecule has 9 heteroatoms. The van der Waals surface area contributed by atoms with Gasteiger partial charge in [-0.15, -0.1) is 0 Å². The third kappa shape index (κ3) is 3.77. The van der Waals surface area contributed by atoms with Crippen LogP contribution in [0, 0.1) is 18.3 Å². The lowest BCUT2D eigenvalue weighted by molar-refractivity contribution is 0.314. The van der Waals surface area contributed by atoms with Gasteiger partial charge in [0.1, 0.15) is 23.2 Å². The fourth-order valence-electron chi connectivity index (χ4n) is 2.78. The van der Waals surface area contributed by atoms with Crippen LogP contribution in [0.25, 0.3) is 5.65 Å². The highest BCUT2D eigenvalue weighted by atomic mass is 32.2. The molecule has 0 unspecified atom stereocenters. The first-order chi connectivity index (χ1) is 13.4. The maximum Gasteiger partial charge on any atom is 0.263 e. The molecule has 0 spiro atoms. The maximum atomic E-state index is 12.9. The Hall–Kier alpha value is -3.12. The number of fused-ring (bicyclic) bond motifs is 1. The highest BCUT2D eigenvalue weighted by Crippen LogP contribution is 2.25. The van der Waals surface area contributed by atoms with E-state index in [1.54, 1.807) is 25.1 Å². The molecule has 0 saturated heterocycles. The number of ether oxygens (including phenoxy) is 1. The fraction of sp³-hybridized carbons (Fsp3) is 0.316. The van der Waals surface area contributed by atoms with Gasteiger partial charge in [0, 0.05) is 11.8 Å². The summed E-state index contributed by atoms with van der Waals surface area (Å²) < 4.78 is 35.4. The van der Waals surface area contributed by atoms with Crippen molar-refractivity contribution in [1.82, 2.24) is 14.6 Å². The molecule has 0 radical (unpaired) electrons. The molecule has 3 aromatic rings. The normalized spacial score (nSPS) is 11.4. The van der Waals surface area contributed by atoms with Gasteiger partial charge in [-0.05, 0) is 43.5 Å². The first-order valence-electron chi connectivity index (χ1n) is 8.93. The van der Waals surface area contributed by atoms with Gasteiger partial charge in [0.05, 0.1) is 17.7 Å². The quantitative estimate of drug-likeness (QED) is 0.654. The minimum Gasteiger partial charge on any atom is -0.493 e. The Bertz CT molecular complexity index is 1160. The highest BCUT2D eigenvalue weighted by Gasteiger charge is 2.19. The lowest BCUT2D eigenvalue weighted by atomic mass is 10.1. The number of rotatable bonds is 7. The SMILES string of the molecule is CCCOc1ccc(S(=O)(=O)Nc2cc(C)nc3c(C#N)cnn23)cc1CC. The second-order valence-corrected chi connectivity index (χ2v) is 7.95. The standard InChI is InChI=1S/C19H21N5O3S/c1-4-8-27-17-7-6-16(10-14(17)5-2)28(25,26)23-18-9-13(3)22-19-15(11-20)12-21-24(18)19/h6-7,9-10,12,23H,4-5,8H2,1-3H3. The topological polar surface area (TPSA) is 109 Å². The molecule has 0 aliphatic rings. The summed E-state index contributed by atoms with van der Waals surface area (Å²) in [6, 6.07) is 8.38. The van der Waals surface area contributed by atoms with Crippen LogP contribution < -0.4 is 9.46 Å². The van der Waals surface area contributed by atoms with Crippen molar-refractivity contribution < 1.29 is 13.2 Å². The van der Waals surface area contributed by atoms with Crippen molar-refractivity contribution in [3.63, 3.8) is 0 Å². The molecule has 3 rings (SSSR count).